The third-order valence-corrected chi connectivity index (χ3v) is 3.35. The maximum absolute atomic E-state index is 11.3. The molecule has 0 spiro atoms. The molecule has 1 heterocycles. The summed E-state index contributed by atoms with van der Waals surface area (Å²) in [5, 5.41) is 12.8. The van der Waals surface area contributed by atoms with Gasteiger partial charge in [-0.3, -0.25) is 9.69 Å². The number of nitrogens with one attached hydrogen (secondary N) is 1. The number of carbonyl (C=O) groups excluding carboxylic acids is 1. The van der Waals surface area contributed by atoms with Gasteiger partial charge in [0.15, 0.2) is 0 Å². The van der Waals surface area contributed by atoms with Crippen molar-refractivity contribution in [1.82, 2.24) is 10.2 Å². The molecule has 1 aliphatic heterocycles. The molecule has 1 saturated heterocycles. The van der Waals surface area contributed by atoms with Crippen molar-refractivity contribution in [2.24, 2.45) is 0 Å². The van der Waals surface area contributed by atoms with Crippen molar-refractivity contribution >= 4 is 5.91 Å². The Labute approximate surface area is 125 Å². The molecule has 0 saturated carbocycles. The average Bonchev–Trinajstić information content (AvgIpc) is 2.47. The maximum Gasteiger partial charge on any atom is 0.234 e. The maximum atomic E-state index is 11.3. The van der Waals surface area contributed by atoms with Gasteiger partial charge in [-0.1, -0.05) is 24.3 Å². The number of rotatable bonds is 7. The van der Waals surface area contributed by atoms with E-state index in [0.717, 1.165) is 24.3 Å². The summed E-state index contributed by atoms with van der Waals surface area (Å²) in [5.41, 5.74) is 1.05. The van der Waals surface area contributed by atoms with Gasteiger partial charge in [0.2, 0.25) is 5.91 Å². The van der Waals surface area contributed by atoms with Crippen LogP contribution < -0.4 is 10.1 Å². The summed E-state index contributed by atoms with van der Waals surface area (Å²) < 4.78 is 5.69. The lowest BCUT2D eigenvalue weighted by Gasteiger charge is -2.28. The molecule has 1 fully saturated rings. The molecule has 0 radical (unpaired) electrons. The quantitative estimate of drug-likeness (QED) is 0.721. The minimum Gasteiger partial charge on any atom is -0.491 e. The number of hydrogen-bond acceptors (Lipinski definition) is 4. The Morgan fingerprint density at radius 1 is 1.48 bits per heavy atom. The number of aliphatic hydroxyl groups is 1. The number of carbonyl (C=O) groups is 1. The Morgan fingerprint density at radius 3 is 3.05 bits per heavy atom. The smallest absolute Gasteiger partial charge is 0.234 e. The highest BCUT2D eigenvalue weighted by molar-refractivity contribution is 5.78. The zero-order valence-corrected chi connectivity index (χ0v) is 12.1. The number of aliphatic hydroxyl groups excluding tert-OH is 1. The number of hydrogen-bond donors (Lipinski definition) is 2. The summed E-state index contributed by atoms with van der Waals surface area (Å²) in [6.45, 7) is 6.11. The first-order valence-electron chi connectivity index (χ1n) is 7.17. The Bertz CT molecular complexity index is 490. The fraction of sp³-hybridized carbons (Fsp3) is 0.438. The first-order chi connectivity index (χ1) is 10.2. The van der Waals surface area contributed by atoms with Gasteiger partial charge in [-0.05, 0) is 18.1 Å². The number of benzene rings is 1. The molecular weight excluding hydrogens is 268 g/mol. The molecule has 1 aliphatic rings. The summed E-state index contributed by atoms with van der Waals surface area (Å²) in [6, 6.07) is 7.73. The van der Waals surface area contributed by atoms with E-state index in [1.54, 1.807) is 0 Å². The van der Waals surface area contributed by atoms with Gasteiger partial charge in [-0.2, -0.15) is 0 Å². The largest absolute Gasteiger partial charge is 0.491 e. The van der Waals surface area contributed by atoms with Crippen molar-refractivity contribution in [3.8, 4) is 5.75 Å². The lowest BCUT2D eigenvalue weighted by atomic mass is 10.1. The number of nitrogens with zero attached hydrogens (tertiary/aromatic N) is 1. The van der Waals surface area contributed by atoms with Crippen molar-refractivity contribution < 1.29 is 14.6 Å². The van der Waals surface area contributed by atoms with Crippen LogP contribution in [0.5, 0.6) is 5.75 Å². The lowest BCUT2D eigenvalue weighted by molar-refractivity contribution is -0.124. The van der Waals surface area contributed by atoms with Crippen LogP contribution in [0.15, 0.2) is 36.9 Å². The van der Waals surface area contributed by atoms with Gasteiger partial charge in [-0.15, -0.1) is 6.58 Å². The van der Waals surface area contributed by atoms with Crippen LogP contribution in [0.1, 0.15) is 5.56 Å². The van der Waals surface area contributed by atoms with E-state index >= 15 is 0 Å². The van der Waals surface area contributed by atoms with Crippen molar-refractivity contribution in [3.05, 3.63) is 42.5 Å². The molecule has 0 aromatic heterocycles. The number of allylic oxidation sites excluding steroid dienone is 1. The van der Waals surface area contributed by atoms with Crippen molar-refractivity contribution in [2.75, 3.05) is 32.8 Å². The van der Waals surface area contributed by atoms with Gasteiger partial charge in [0.1, 0.15) is 18.5 Å². The normalized spacial score (nSPS) is 17.1. The third kappa shape index (κ3) is 4.88. The Kier molecular flexibility index (Phi) is 5.78. The first-order valence-corrected chi connectivity index (χ1v) is 7.17. The van der Waals surface area contributed by atoms with Crippen LogP contribution in [0.25, 0.3) is 0 Å². The first kappa shape index (κ1) is 15.5. The van der Waals surface area contributed by atoms with Crippen molar-refractivity contribution in [1.29, 1.82) is 0 Å². The highest BCUT2D eigenvalue weighted by Gasteiger charge is 2.19. The SMILES string of the molecule is C=CCc1ccccc1OCC(O)CN1CCNC(=O)C1. The van der Waals surface area contributed by atoms with Crippen LogP contribution in [0.4, 0.5) is 0 Å². The fourth-order valence-corrected chi connectivity index (χ4v) is 2.35. The number of ether oxygens (including phenoxy) is 1. The minimum absolute atomic E-state index is 0.00527. The summed E-state index contributed by atoms with van der Waals surface area (Å²) in [7, 11) is 0. The van der Waals surface area contributed by atoms with E-state index < -0.39 is 6.10 Å². The summed E-state index contributed by atoms with van der Waals surface area (Å²) >= 11 is 0. The Morgan fingerprint density at radius 2 is 2.29 bits per heavy atom. The van der Waals surface area contributed by atoms with Crippen molar-refractivity contribution in [3.63, 3.8) is 0 Å². The summed E-state index contributed by atoms with van der Waals surface area (Å²) in [5.74, 6) is 0.776. The molecule has 1 unspecified atom stereocenters. The molecule has 1 amide bonds. The van der Waals surface area contributed by atoms with Crippen LogP contribution in [-0.2, 0) is 11.2 Å². The minimum atomic E-state index is -0.618. The molecule has 0 bridgehead atoms. The second-order valence-electron chi connectivity index (χ2n) is 5.15. The molecule has 5 heteroatoms. The van der Waals surface area contributed by atoms with E-state index in [-0.39, 0.29) is 12.5 Å². The lowest BCUT2D eigenvalue weighted by Crippen LogP contribution is -2.50. The standard InChI is InChI=1S/C16H22N2O3/c1-2-5-13-6-3-4-7-15(13)21-12-14(19)10-18-9-8-17-16(20)11-18/h2-4,6-7,14,19H,1,5,8-12H2,(H,17,20). The zero-order valence-electron chi connectivity index (χ0n) is 12.1. The Balaban J connectivity index is 1.82. The van der Waals surface area contributed by atoms with Crippen LogP contribution in [0.2, 0.25) is 0 Å². The van der Waals surface area contributed by atoms with Gasteiger partial charge < -0.3 is 15.2 Å². The van der Waals surface area contributed by atoms with Crippen LogP contribution in [-0.4, -0.2) is 54.8 Å². The molecule has 0 aliphatic carbocycles. The average molecular weight is 290 g/mol. The molecule has 5 nitrogen and oxygen atoms in total. The van der Waals surface area contributed by atoms with E-state index in [1.165, 1.54) is 0 Å². The number of para-hydroxylation sites is 1. The topological polar surface area (TPSA) is 61.8 Å². The number of β-amino-alcohol motifs (C(OH)–C–C–N with tert-alkyl or cyclic N) is 1. The van der Waals surface area contributed by atoms with E-state index in [0.29, 0.717) is 19.6 Å². The molecule has 114 valence electrons. The van der Waals surface area contributed by atoms with E-state index in [4.69, 9.17) is 4.74 Å². The zero-order chi connectivity index (χ0) is 15.1. The second-order valence-corrected chi connectivity index (χ2v) is 5.15. The van der Waals surface area contributed by atoms with E-state index in [9.17, 15) is 9.90 Å². The van der Waals surface area contributed by atoms with Gasteiger partial charge >= 0.3 is 0 Å². The molecule has 1 aromatic carbocycles. The second kappa shape index (κ2) is 7.81. The molecule has 1 aromatic rings. The van der Waals surface area contributed by atoms with Gasteiger partial charge in [0.25, 0.3) is 0 Å². The van der Waals surface area contributed by atoms with E-state index in [1.807, 2.05) is 35.2 Å². The third-order valence-electron chi connectivity index (χ3n) is 3.35. The number of amides is 1. The monoisotopic (exact) mass is 290 g/mol. The fourth-order valence-electron chi connectivity index (χ4n) is 2.35. The predicted octanol–water partition coefficient (Wildman–Crippen LogP) is 0.587. The van der Waals surface area contributed by atoms with Crippen LogP contribution >= 0.6 is 0 Å². The Hall–Kier alpha value is -1.85. The molecule has 1 atom stereocenters. The van der Waals surface area contributed by atoms with Gasteiger partial charge in [0.05, 0.1) is 6.54 Å². The highest BCUT2D eigenvalue weighted by Crippen LogP contribution is 2.19. The summed E-state index contributed by atoms with van der Waals surface area (Å²) in [4.78, 5) is 13.2. The van der Waals surface area contributed by atoms with Gasteiger partial charge in [0, 0.05) is 19.6 Å². The van der Waals surface area contributed by atoms with Gasteiger partial charge in [-0.25, -0.2) is 0 Å². The molecular formula is C16H22N2O3. The number of piperazine rings is 1. The molecule has 21 heavy (non-hydrogen) atoms. The highest BCUT2D eigenvalue weighted by atomic mass is 16.5. The molecule has 2 rings (SSSR count). The van der Waals surface area contributed by atoms with Crippen molar-refractivity contribution in [2.45, 2.75) is 12.5 Å². The molecule has 2 N–H and O–H groups in total. The van der Waals surface area contributed by atoms with Crippen LogP contribution in [0.3, 0.4) is 0 Å². The van der Waals surface area contributed by atoms with E-state index in [2.05, 4.69) is 11.9 Å². The van der Waals surface area contributed by atoms with Crippen LogP contribution in [0, 0.1) is 0 Å². The summed E-state index contributed by atoms with van der Waals surface area (Å²) in [6.07, 6.45) is 1.94. The predicted molar refractivity (Wildman–Crippen MR) is 81.3 cm³/mol.